The largest absolute Gasteiger partial charge is 0.495 e. The molecule has 4 rings (SSSR count). The number of rotatable bonds is 7. The SMILES string of the molecule is COc1ccc(Cl)cc1N(CC(=O)N[C@H]1C[C@H]2CC[C@H]1C2)S(=O)(=O)c1ccc(C)cc1. The molecule has 1 amide bonds. The van der Waals surface area contributed by atoms with Crippen molar-refractivity contribution < 1.29 is 17.9 Å². The van der Waals surface area contributed by atoms with E-state index in [1.165, 1.54) is 19.6 Å². The highest BCUT2D eigenvalue weighted by Gasteiger charge is 2.40. The van der Waals surface area contributed by atoms with Crippen molar-refractivity contribution in [2.45, 2.75) is 43.5 Å². The van der Waals surface area contributed by atoms with E-state index in [9.17, 15) is 13.2 Å². The zero-order valence-electron chi connectivity index (χ0n) is 17.7. The van der Waals surface area contributed by atoms with Gasteiger partial charge in [0.15, 0.2) is 0 Å². The van der Waals surface area contributed by atoms with Crippen LogP contribution in [0.4, 0.5) is 5.69 Å². The average molecular weight is 463 g/mol. The number of carbonyl (C=O) groups excluding carboxylic acids is 1. The Balaban J connectivity index is 1.66. The maximum Gasteiger partial charge on any atom is 0.264 e. The molecule has 2 aliphatic rings. The predicted molar refractivity (Wildman–Crippen MR) is 121 cm³/mol. The molecule has 1 N–H and O–H groups in total. The third-order valence-corrected chi connectivity index (χ3v) is 8.40. The lowest BCUT2D eigenvalue weighted by Gasteiger charge is -2.28. The van der Waals surface area contributed by atoms with Crippen molar-refractivity contribution in [2.75, 3.05) is 18.0 Å². The number of hydrogen-bond donors (Lipinski definition) is 1. The van der Waals surface area contributed by atoms with Gasteiger partial charge in [-0.15, -0.1) is 0 Å². The first-order valence-electron chi connectivity index (χ1n) is 10.5. The fourth-order valence-corrected chi connectivity index (χ4v) is 6.39. The van der Waals surface area contributed by atoms with E-state index in [-0.39, 0.29) is 29.1 Å². The smallest absolute Gasteiger partial charge is 0.264 e. The summed E-state index contributed by atoms with van der Waals surface area (Å²) < 4.78 is 33.6. The van der Waals surface area contributed by atoms with Crippen molar-refractivity contribution in [1.29, 1.82) is 0 Å². The van der Waals surface area contributed by atoms with Gasteiger partial charge in [-0.1, -0.05) is 35.7 Å². The molecule has 2 aromatic carbocycles. The number of amides is 1. The van der Waals surface area contributed by atoms with Crippen LogP contribution in [-0.4, -0.2) is 34.0 Å². The van der Waals surface area contributed by atoms with Crippen LogP contribution < -0.4 is 14.4 Å². The molecule has 0 spiro atoms. The van der Waals surface area contributed by atoms with Crippen LogP contribution in [-0.2, 0) is 14.8 Å². The van der Waals surface area contributed by atoms with Gasteiger partial charge in [0.1, 0.15) is 12.3 Å². The molecule has 0 aromatic heterocycles. The molecular weight excluding hydrogens is 436 g/mol. The van der Waals surface area contributed by atoms with Gasteiger partial charge in [0.25, 0.3) is 10.0 Å². The fourth-order valence-electron chi connectivity index (χ4n) is 4.80. The minimum atomic E-state index is -4.03. The Morgan fingerprint density at radius 3 is 2.52 bits per heavy atom. The molecule has 166 valence electrons. The van der Waals surface area contributed by atoms with Crippen LogP contribution in [0, 0.1) is 18.8 Å². The molecule has 6 nitrogen and oxygen atoms in total. The summed E-state index contributed by atoms with van der Waals surface area (Å²) in [5, 5.41) is 3.43. The van der Waals surface area contributed by atoms with E-state index in [4.69, 9.17) is 16.3 Å². The highest BCUT2D eigenvalue weighted by atomic mass is 35.5. The fraction of sp³-hybridized carbons (Fsp3) is 0.435. The first kappa shape index (κ1) is 22.0. The normalized spacial score (nSPS) is 22.4. The van der Waals surface area contributed by atoms with E-state index >= 15 is 0 Å². The topological polar surface area (TPSA) is 75.7 Å². The molecule has 2 aliphatic carbocycles. The van der Waals surface area contributed by atoms with Gasteiger partial charge in [0.05, 0.1) is 17.7 Å². The monoisotopic (exact) mass is 462 g/mol. The second kappa shape index (κ2) is 8.71. The highest BCUT2D eigenvalue weighted by Crippen LogP contribution is 2.44. The van der Waals surface area contributed by atoms with Gasteiger partial charge in [-0.25, -0.2) is 8.42 Å². The predicted octanol–water partition coefficient (Wildman–Crippen LogP) is 4.16. The number of fused-ring (bicyclic) bond motifs is 2. The second-order valence-electron chi connectivity index (χ2n) is 8.49. The number of methoxy groups -OCH3 is 1. The molecule has 3 atom stereocenters. The van der Waals surface area contributed by atoms with Gasteiger partial charge in [-0.3, -0.25) is 9.10 Å². The summed E-state index contributed by atoms with van der Waals surface area (Å²) in [6.07, 6.45) is 4.48. The Labute approximate surface area is 188 Å². The molecule has 2 fully saturated rings. The van der Waals surface area contributed by atoms with Gasteiger partial charge >= 0.3 is 0 Å². The number of ether oxygens (including phenoxy) is 1. The van der Waals surface area contributed by atoms with Crippen LogP contribution in [0.15, 0.2) is 47.4 Å². The van der Waals surface area contributed by atoms with Crippen molar-refractivity contribution in [2.24, 2.45) is 11.8 Å². The molecular formula is C23H27ClN2O4S. The van der Waals surface area contributed by atoms with E-state index < -0.39 is 10.0 Å². The summed E-state index contributed by atoms with van der Waals surface area (Å²) in [6, 6.07) is 11.4. The number of sulfonamides is 1. The molecule has 0 aliphatic heterocycles. The second-order valence-corrected chi connectivity index (χ2v) is 10.8. The number of nitrogens with zero attached hydrogens (tertiary/aromatic N) is 1. The van der Waals surface area contributed by atoms with Crippen molar-refractivity contribution in [3.63, 3.8) is 0 Å². The van der Waals surface area contributed by atoms with Crippen molar-refractivity contribution >= 4 is 33.2 Å². The summed E-state index contributed by atoms with van der Waals surface area (Å²) in [5.41, 5.74) is 1.18. The van der Waals surface area contributed by atoms with Crippen molar-refractivity contribution in [1.82, 2.24) is 5.32 Å². The average Bonchev–Trinajstić information content (AvgIpc) is 3.35. The number of nitrogens with one attached hydrogen (secondary N) is 1. The zero-order chi connectivity index (χ0) is 22.2. The zero-order valence-corrected chi connectivity index (χ0v) is 19.2. The van der Waals surface area contributed by atoms with E-state index in [1.54, 1.807) is 36.4 Å². The minimum Gasteiger partial charge on any atom is -0.495 e. The third kappa shape index (κ3) is 4.53. The first-order chi connectivity index (χ1) is 14.8. The Bertz CT molecular complexity index is 1070. The molecule has 8 heteroatoms. The Kier molecular flexibility index (Phi) is 6.17. The lowest BCUT2D eigenvalue weighted by Crippen LogP contribution is -2.46. The quantitative estimate of drug-likeness (QED) is 0.670. The van der Waals surface area contributed by atoms with E-state index in [0.717, 1.165) is 29.1 Å². The molecule has 2 bridgehead atoms. The summed E-state index contributed by atoms with van der Waals surface area (Å²) in [5.74, 6) is 1.18. The lowest BCUT2D eigenvalue weighted by atomic mass is 9.95. The van der Waals surface area contributed by atoms with Crippen molar-refractivity contribution in [3.05, 3.63) is 53.1 Å². The van der Waals surface area contributed by atoms with Gasteiger partial charge in [0, 0.05) is 11.1 Å². The number of anilines is 1. The molecule has 0 heterocycles. The maximum atomic E-state index is 13.6. The molecule has 0 unspecified atom stereocenters. The number of hydrogen-bond acceptors (Lipinski definition) is 4. The Hall–Kier alpha value is -2.25. The Morgan fingerprint density at radius 2 is 1.90 bits per heavy atom. The van der Waals surface area contributed by atoms with Crippen LogP contribution in [0.5, 0.6) is 5.75 Å². The van der Waals surface area contributed by atoms with Crippen LogP contribution >= 0.6 is 11.6 Å². The van der Waals surface area contributed by atoms with Gasteiger partial charge in [-0.05, 0) is 68.4 Å². The summed E-state index contributed by atoms with van der Waals surface area (Å²) in [6.45, 7) is 1.54. The lowest BCUT2D eigenvalue weighted by molar-refractivity contribution is -0.120. The van der Waals surface area contributed by atoms with E-state index in [0.29, 0.717) is 22.6 Å². The molecule has 0 radical (unpaired) electrons. The van der Waals surface area contributed by atoms with Gasteiger partial charge < -0.3 is 10.1 Å². The van der Waals surface area contributed by atoms with E-state index in [1.807, 2.05) is 6.92 Å². The number of halogens is 1. The van der Waals surface area contributed by atoms with Crippen LogP contribution in [0.3, 0.4) is 0 Å². The number of benzene rings is 2. The van der Waals surface area contributed by atoms with Gasteiger partial charge in [0.2, 0.25) is 5.91 Å². The molecule has 0 saturated heterocycles. The Morgan fingerprint density at radius 1 is 1.16 bits per heavy atom. The third-order valence-electron chi connectivity index (χ3n) is 6.39. The minimum absolute atomic E-state index is 0.104. The van der Waals surface area contributed by atoms with E-state index in [2.05, 4.69) is 5.32 Å². The molecule has 2 saturated carbocycles. The highest BCUT2D eigenvalue weighted by molar-refractivity contribution is 7.92. The van der Waals surface area contributed by atoms with Gasteiger partial charge in [-0.2, -0.15) is 0 Å². The van der Waals surface area contributed by atoms with Crippen LogP contribution in [0.2, 0.25) is 5.02 Å². The van der Waals surface area contributed by atoms with Crippen molar-refractivity contribution in [3.8, 4) is 5.75 Å². The number of carbonyl (C=O) groups is 1. The molecule has 31 heavy (non-hydrogen) atoms. The van der Waals surface area contributed by atoms with Crippen LogP contribution in [0.25, 0.3) is 0 Å². The molecule has 2 aromatic rings. The summed E-state index contributed by atoms with van der Waals surface area (Å²) >= 11 is 6.17. The first-order valence-corrected chi connectivity index (χ1v) is 12.3. The maximum absolute atomic E-state index is 13.6. The van der Waals surface area contributed by atoms with Crippen LogP contribution in [0.1, 0.15) is 31.2 Å². The summed E-state index contributed by atoms with van der Waals surface area (Å²) in [4.78, 5) is 13.1. The summed E-state index contributed by atoms with van der Waals surface area (Å²) in [7, 11) is -2.57. The number of aryl methyl sites for hydroxylation is 1. The standard InChI is InChI=1S/C23H27ClN2O4S/c1-15-3-8-19(9-4-15)31(28,29)26(21-13-18(24)7-10-22(21)30-2)14-23(27)25-20-12-16-5-6-17(20)11-16/h3-4,7-10,13,16-17,20H,5-6,11-12,14H2,1-2H3,(H,25,27)/t16-,17-,20-/m0/s1.